The Morgan fingerprint density at radius 1 is 0.875 bits per heavy atom. The van der Waals surface area contributed by atoms with Crippen molar-refractivity contribution in [2.45, 2.75) is 50.0 Å². The highest BCUT2D eigenvalue weighted by atomic mass is 32.2. The summed E-state index contributed by atoms with van der Waals surface area (Å²) in [6.07, 6.45) is 7.53. The smallest absolute Gasteiger partial charge is 0.263 e. The van der Waals surface area contributed by atoms with Crippen molar-refractivity contribution in [1.29, 1.82) is 0 Å². The van der Waals surface area contributed by atoms with Gasteiger partial charge in [-0.05, 0) is 74.0 Å². The van der Waals surface area contributed by atoms with Gasteiger partial charge in [0, 0.05) is 6.54 Å². The van der Waals surface area contributed by atoms with Gasteiger partial charge in [0.2, 0.25) is 0 Å². The number of ether oxygens (including phenoxy) is 1. The average molecular weight is 560 g/mol. The normalized spacial score (nSPS) is 14.4. The van der Waals surface area contributed by atoms with Crippen LogP contribution in [0.25, 0.3) is 11.0 Å². The molecule has 40 heavy (non-hydrogen) atoms. The Morgan fingerprint density at radius 2 is 1.52 bits per heavy atom. The number of nitrogens with one attached hydrogen (secondary N) is 2. The van der Waals surface area contributed by atoms with Crippen molar-refractivity contribution in [1.82, 2.24) is 14.9 Å². The third-order valence-electron chi connectivity index (χ3n) is 7.30. The second-order valence-electron chi connectivity index (χ2n) is 10.8. The van der Waals surface area contributed by atoms with Crippen LogP contribution in [0.1, 0.15) is 43.2 Å². The zero-order valence-electron chi connectivity index (χ0n) is 23.4. The average Bonchev–Trinajstić information content (AvgIpc) is 2.94. The second kappa shape index (κ2) is 12.2. The van der Waals surface area contributed by atoms with Crippen LogP contribution < -0.4 is 14.8 Å². The Hall–Kier alpha value is -3.69. The van der Waals surface area contributed by atoms with E-state index in [4.69, 9.17) is 9.72 Å². The number of aromatic nitrogens is 2. The number of fused-ring (bicyclic) bond motifs is 1. The number of hydrogen-bond donors (Lipinski definition) is 2. The summed E-state index contributed by atoms with van der Waals surface area (Å²) >= 11 is 0. The van der Waals surface area contributed by atoms with Crippen LogP contribution in [0, 0.1) is 5.92 Å². The monoisotopic (exact) mass is 559 g/mol. The molecule has 1 aromatic heterocycles. The maximum atomic E-state index is 13.4. The number of para-hydroxylation sites is 2. The molecule has 0 aliphatic heterocycles. The van der Waals surface area contributed by atoms with Crippen LogP contribution in [0.5, 0.6) is 5.75 Å². The number of benzene rings is 3. The molecule has 210 valence electrons. The fraction of sp³-hybridized carbons (Fsp3) is 0.355. The molecule has 1 aliphatic carbocycles. The molecule has 1 heterocycles. The molecule has 5 rings (SSSR count). The van der Waals surface area contributed by atoms with E-state index in [0.29, 0.717) is 34.2 Å². The van der Waals surface area contributed by atoms with Gasteiger partial charge < -0.3 is 15.0 Å². The van der Waals surface area contributed by atoms with Crippen LogP contribution in [0.3, 0.4) is 0 Å². The van der Waals surface area contributed by atoms with Crippen LogP contribution in [0.2, 0.25) is 0 Å². The van der Waals surface area contributed by atoms with Crippen molar-refractivity contribution in [3.8, 4) is 5.75 Å². The summed E-state index contributed by atoms with van der Waals surface area (Å²) in [5.74, 6) is 1.80. The number of methoxy groups -OCH3 is 1. The second-order valence-corrected chi connectivity index (χ2v) is 12.4. The molecule has 1 saturated carbocycles. The van der Waals surface area contributed by atoms with Gasteiger partial charge in [-0.2, -0.15) is 0 Å². The predicted octanol–water partition coefficient (Wildman–Crippen LogP) is 6.37. The van der Waals surface area contributed by atoms with Gasteiger partial charge in [0.25, 0.3) is 10.0 Å². The van der Waals surface area contributed by atoms with Crippen molar-refractivity contribution < 1.29 is 13.2 Å². The molecule has 1 fully saturated rings. The lowest BCUT2D eigenvalue weighted by molar-refractivity contribution is 0.356. The van der Waals surface area contributed by atoms with Gasteiger partial charge in [-0.15, -0.1) is 0 Å². The van der Waals surface area contributed by atoms with Gasteiger partial charge in [0.15, 0.2) is 11.6 Å². The molecular weight excluding hydrogens is 522 g/mol. The fourth-order valence-electron chi connectivity index (χ4n) is 5.30. The quantitative estimate of drug-likeness (QED) is 0.233. The molecule has 0 atom stereocenters. The highest BCUT2D eigenvalue weighted by Crippen LogP contribution is 2.34. The lowest BCUT2D eigenvalue weighted by Crippen LogP contribution is -2.16. The predicted molar refractivity (Wildman–Crippen MR) is 161 cm³/mol. The third kappa shape index (κ3) is 6.71. The zero-order chi connectivity index (χ0) is 28.1. The standard InChI is InChI=1S/C31H37N5O3S/c1-36(2)21-23-13-16-25(17-14-23)40(37,38)35-31-30(32-26-11-7-8-12-27(26)33-31)34-28-18-15-24(20-29(28)39-3)19-22-9-5-4-6-10-22/h7-8,11-18,20,22H,4-6,9-10,19,21H2,1-3H3,(H,32,34)(H,33,35). The Bertz CT molecular complexity index is 1570. The van der Waals surface area contributed by atoms with Crippen molar-refractivity contribution >= 4 is 38.4 Å². The van der Waals surface area contributed by atoms with E-state index in [9.17, 15) is 8.42 Å². The molecule has 1 aliphatic rings. The van der Waals surface area contributed by atoms with Crippen LogP contribution in [0.4, 0.5) is 17.3 Å². The molecule has 0 amide bonds. The molecular formula is C31H37N5O3S. The summed E-state index contributed by atoms with van der Waals surface area (Å²) in [5, 5.41) is 3.29. The molecule has 9 heteroatoms. The first-order chi connectivity index (χ1) is 19.3. The van der Waals surface area contributed by atoms with Crippen LogP contribution in [0.15, 0.2) is 71.6 Å². The molecule has 0 spiro atoms. The summed E-state index contributed by atoms with van der Waals surface area (Å²) in [4.78, 5) is 11.5. The van der Waals surface area contributed by atoms with E-state index >= 15 is 0 Å². The summed E-state index contributed by atoms with van der Waals surface area (Å²) in [6, 6.07) is 20.4. The van der Waals surface area contributed by atoms with Gasteiger partial charge in [-0.3, -0.25) is 4.72 Å². The van der Waals surface area contributed by atoms with Gasteiger partial charge in [0.05, 0.1) is 28.7 Å². The van der Waals surface area contributed by atoms with Crippen molar-refractivity contribution in [3.05, 3.63) is 77.9 Å². The summed E-state index contributed by atoms with van der Waals surface area (Å²) in [6.45, 7) is 0.721. The maximum Gasteiger partial charge on any atom is 0.263 e. The first-order valence-electron chi connectivity index (χ1n) is 13.8. The zero-order valence-corrected chi connectivity index (χ0v) is 24.2. The first kappa shape index (κ1) is 27.9. The lowest BCUT2D eigenvalue weighted by Gasteiger charge is -2.22. The number of anilines is 3. The van der Waals surface area contributed by atoms with Gasteiger partial charge in [0.1, 0.15) is 5.75 Å². The Labute approximate surface area is 236 Å². The first-order valence-corrected chi connectivity index (χ1v) is 15.3. The van der Waals surface area contributed by atoms with E-state index in [2.05, 4.69) is 27.2 Å². The molecule has 0 unspecified atom stereocenters. The SMILES string of the molecule is COc1cc(CC2CCCCC2)ccc1Nc1nc2ccccc2nc1NS(=O)(=O)c1ccc(CN(C)C)cc1. The Balaban J connectivity index is 1.44. The number of sulfonamides is 1. The van der Waals surface area contributed by atoms with E-state index in [-0.39, 0.29) is 10.7 Å². The van der Waals surface area contributed by atoms with E-state index in [1.807, 2.05) is 55.4 Å². The molecule has 2 N–H and O–H groups in total. The molecule has 3 aromatic carbocycles. The highest BCUT2D eigenvalue weighted by Gasteiger charge is 2.21. The molecule has 4 aromatic rings. The van der Waals surface area contributed by atoms with Gasteiger partial charge in [-0.25, -0.2) is 18.4 Å². The minimum Gasteiger partial charge on any atom is -0.495 e. The number of hydrogen-bond acceptors (Lipinski definition) is 7. The van der Waals surface area contributed by atoms with E-state index in [1.54, 1.807) is 25.3 Å². The largest absolute Gasteiger partial charge is 0.495 e. The van der Waals surface area contributed by atoms with Crippen molar-refractivity contribution in [2.24, 2.45) is 5.92 Å². The third-order valence-corrected chi connectivity index (χ3v) is 8.66. The van der Waals surface area contributed by atoms with E-state index in [0.717, 1.165) is 18.5 Å². The van der Waals surface area contributed by atoms with E-state index in [1.165, 1.54) is 37.7 Å². The van der Waals surface area contributed by atoms with Crippen LogP contribution in [-0.2, 0) is 23.0 Å². The number of rotatable bonds is 10. The van der Waals surface area contributed by atoms with Crippen LogP contribution in [-0.4, -0.2) is 44.5 Å². The highest BCUT2D eigenvalue weighted by molar-refractivity contribution is 7.92. The maximum absolute atomic E-state index is 13.4. The number of nitrogens with zero attached hydrogens (tertiary/aromatic N) is 3. The Kier molecular flexibility index (Phi) is 8.52. The minimum atomic E-state index is -3.92. The molecule has 0 bridgehead atoms. The summed E-state index contributed by atoms with van der Waals surface area (Å²) < 4.78 is 35.2. The Morgan fingerprint density at radius 3 is 2.17 bits per heavy atom. The minimum absolute atomic E-state index is 0.115. The molecule has 0 saturated heterocycles. The molecule has 8 nitrogen and oxygen atoms in total. The van der Waals surface area contributed by atoms with E-state index < -0.39 is 10.0 Å². The topological polar surface area (TPSA) is 96.5 Å². The van der Waals surface area contributed by atoms with Crippen molar-refractivity contribution in [3.63, 3.8) is 0 Å². The summed E-state index contributed by atoms with van der Waals surface area (Å²) in [5.41, 5.74) is 4.18. The van der Waals surface area contributed by atoms with Gasteiger partial charge >= 0.3 is 0 Å². The fourth-order valence-corrected chi connectivity index (χ4v) is 6.31. The van der Waals surface area contributed by atoms with Crippen molar-refractivity contribution in [2.75, 3.05) is 31.2 Å². The lowest BCUT2D eigenvalue weighted by atomic mass is 9.85. The van der Waals surface area contributed by atoms with Crippen LogP contribution >= 0.6 is 0 Å². The summed E-state index contributed by atoms with van der Waals surface area (Å²) in [7, 11) is 1.66. The molecule has 0 radical (unpaired) electrons. The van der Waals surface area contributed by atoms with Gasteiger partial charge in [-0.1, -0.05) is 62.4 Å².